The molecule has 0 saturated heterocycles. The van der Waals surface area contributed by atoms with Crippen LogP contribution in [0, 0.1) is 10.2 Å². The van der Waals surface area contributed by atoms with E-state index in [2.05, 4.69) is 0 Å². The second-order valence-electron chi connectivity index (χ2n) is 0.396. The summed E-state index contributed by atoms with van der Waals surface area (Å²) in [5, 5.41) is 0. The van der Waals surface area contributed by atoms with Crippen LogP contribution in [0.1, 0.15) is 1.43 Å². The van der Waals surface area contributed by atoms with E-state index in [9.17, 15) is 0 Å². The molecule has 6 heteroatoms. The Morgan fingerprint density at radius 3 is 1.33 bits per heavy atom. The van der Waals surface area contributed by atoms with Crippen molar-refractivity contribution in [3.63, 3.8) is 0 Å². The third-order valence-electron chi connectivity index (χ3n) is 0. The smallest absolute Gasteiger partial charge is 1.00 e. The molecule has 0 aliphatic rings. The van der Waals surface area contributed by atoms with E-state index in [0.717, 1.165) is 0 Å². The van der Waals surface area contributed by atoms with Crippen LogP contribution in [0.4, 0.5) is 0 Å². The molecule has 0 aromatic heterocycles. The largest absolute Gasteiger partial charge is 1.00 e. The van der Waals surface area contributed by atoms with Crippen molar-refractivity contribution in [2.45, 2.75) is 0 Å². The minimum atomic E-state index is -4.69. The molecule has 6 heavy (non-hydrogen) atoms. The van der Waals surface area contributed by atoms with E-state index in [4.69, 9.17) is 18.6 Å². The van der Waals surface area contributed by atoms with Crippen LogP contribution >= 0.6 is 0 Å². The number of hydrogen-bond donors (Lipinski definition) is 1. The van der Waals surface area contributed by atoms with Gasteiger partial charge in [0, 0.05) is 0 Å². The Hall–Kier alpha value is 1.13. The molecule has 0 bridgehead atoms. The summed E-state index contributed by atoms with van der Waals surface area (Å²) in [5.41, 5.74) is 0. The molecule has 0 spiro atoms. The van der Waals surface area contributed by atoms with Gasteiger partial charge in [-0.15, -0.1) is 0 Å². The molecule has 0 aliphatic carbocycles. The van der Waals surface area contributed by atoms with Crippen molar-refractivity contribution in [3.05, 3.63) is 0 Å². The van der Waals surface area contributed by atoms with Gasteiger partial charge in [-0.2, -0.15) is 14.0 Å². The first-order chi connectivity index (χ1) is 2.00. The molecule has 0 aromatic rings. The summed E-state index contributed by atoms with van der Waals surface area (Å²) in [6, 6.07) is 0. The fourth-order valence-electron chi connectivity index (χ4n) is 0. The van der Waals surface area contributed by atoms with E-state index < -0.39 is 10.2 Å². The summed E-state index contributed by atoms with van der Waals surface area (Å²) in [6.45, 7) is 0. The summed E-state index contributed by atoms with van der Waals surface area (Å²) in [7, 11) is -4.69. The van der Waals surface area contributed by atoms with Gasteiger partial charge in [0.1, 0.15) is 0 Å². The van der Waals surface area contributed by atoms with Gasteiger partial charge in [0.15, 0.2) is 0 Å². The van der Waals surface area contributed by atoms with Crippen molar-refractivity contribution in [1.29, 1.82) is 0 Å². The van der Waals surface area contributed by atoms with Crippen molar-refractivity contribution < 1.29 is 59.9 Å². The molecule has 0 rings (SSSR count). The summed E-state index contributed by atoms with van der Waals surface area (Å²) >= 11 is 0. The third kappa shape index (κ3) is 68.5. The quantitative estimate of drug-likeness (QED) is 0.325. The maximum Gasteiger partial charge on any atom is 1.00 e. The summed E-state index contributed by atoms with van der Waals surface area (Å²) in [6.07, 6.45) is 0. The molecule has 0 heterocycles. The van der Waals surface area contributed by atoms with Crippen molar-refractivity contribution in [2.75, 3.05) is 0 Å². The third-order valence-corrected chi connectivity index (χ3v) is 0. The zero-order valence-electron chi connectivity index (χ0n) is 4.05. The zero-order valence-corrected chi connectivity index (χ0v) is 5.81. The van der Waals surface area contributed by atoms with E-state index in [0.29, 0.717) is 0 Å². The van der Waals surface area contributed by atoms with Crippen LogP contribution in [0.15, 0.2) is 0 Å². The average Bonchev–Trinajstić information content (AvgIpc) is 0.722. The fraction of sp³-hybridized carbons (Fsp3) is 0. The summed E-state index contributed by atoms with van der Waals surface area (Å²) in [4.78, 5) is 0. The first-order valence-corrected chi connectivity index (χ1v) is 1.90. The van der Waals surface area contributed by atoms with Crippen LogP contribution in [-0.4, -0.2) is 4.66 Å². The second kappa shape index (κ2) is 3.17. The van der Waals surface area contributed by atoms with Gasteiger partial charge in [0.25, 0.3) is 0 Å². The second-order valence-corrected chi connectivity index (χ2v) is 1.19. The predicted molar refractivity (Wildman–Crippen MR) is 3.33 cm³/mol. The Bertz CT molecular complexity index is 27.2. The Balaban J connectivity index is -0.0000000800. The molecule has 4 nitrogen and oxygen atoms in total. The van der Waals surface area contributed by atoms with E-state index in [1.54, 1.807) is 0 Å². The van der Waals surface area contributed by atoms with Gasteiger partial charge in [-0.05, 0) is 0 Å². The molecule has 0 saturated carbocycles. The molecule has 1 N–H and O–H groups in total. The zero-order chi connectivity index (χ0) is 4.50. The van der Waals surface area contributed by atoms with Crippen LogP contribution in [0.25, 0.3) is 0 Å². The number of rotatable bonds is 0. The van der Waals surface area contributed by atoms with E-state index in [1.807, 2.05) is 0 Å². The van der Waals surface area contributed by atoms with Gasteiger partial charge in [0.05, 0.1) is 14.9 Å². The maximum absolute atomic E-state index is 8.60. The maximum atomic E-state index is 8.60. The standard InChI is InChI=1S/ClHO4.Na.H/c2-1(3,4)5;;/h(H,2,3,4,5);;/q;+1;-1. The molecule has 0 aromatic carbocycles. The normalized spacial score (nSPS) is 10.0. The van der Waals surface area contributed by atoms with Gasteiger partial charge in [-0.3, -0.25) is 0 Å². The average molecular weight is 124 g/mol. The molecular weight excluding hydrogens is 122 g/mol. The molecular formula is H2ClNaO4. The summed E-state index contributed by atoms with van der Waals surface area (Å²) < 4.78 is 32.7. The fourth-order valence-corrected chi connectivity index (χ4v) is 0. The van der Waals surface area contributed by atoms with Gasteiger partial charge in [0.2, 0.25) is 0 Å². The van der Waals surface area contributed by atoms with Crippen LogP contribution < -0.4 is 43.5 Å². The van der Waals surface area contributed by atoms with Crippen molar-refractivity contribution in [1.82, 2.24) is 0 Å². The number of halogens is 1. The number of hydrogen-bond acceptors (Lipinski definition) is 4. The van der Waals surface area contributed by atoms with Crippen LogP contribution in [-0.2, 0) is 0 Å². The van der Waals surface area contributed by atoms with Gasteiger partial charge >= 0.3 is 29.6 Å². The molecule has 0 atom stereocenters. The Labute approximate surface area is 59.9 Å². The first-order valence-electron chi connectivity index (χ1n) is 0.632. The molecule has 34 valence electrons. The minimum absolute atomic E-state index is 0. The first kappa shape index (κ1) is 10.2. The van der Waals surface area contributed by atoms with Crippen LogP contribution in [0.3, 0.4) is 0 Å². The van der Waals surface area contributed by atoms with Gasteiger partial charge < -0.3 is 1.43 Å². The van der Waals surface area contributed by atoms with Crippen LogP contribution in [0.2, 0.25) is 0 Å². The SMILES string of the molecule is [H-].[Na+].[O-][Cl+3]([O-])([O-])O. The Kier molecular flexibility index (Phi) is 5.38. The van der Waals surface area contributed by atoms with E-state index >= 15 is 0 Å². The molecule has 0 aliphatic heterocycles. The summed E-state index contributed by atoms with van der Waals surface area (Å²) in [5.74, 6) is 0. The Morgan fingerprint density at radius 2 is 1.33 bits per heavy atom. The van der Waals surface area contributed by atoms with Gasteiger partial charge in [-0.25, -0.2) is 0 Å². The van der Waals surface area contributed by atoms with Crippen molar-refractivity contribution in [3.8, 4) is 0 Å². The Morgan fingerprint density at radius 1 is 1.33 bits per heavy atom. The van der Waals surface area contributed by atoms with Crippen LogP contribution in [0.5, 0.6) is 0 Å². The minimum Gasteiger partial charge on any atom is -1.00 e. The topological polar surface area (TPSA) is 89.4 Å². The molecule has 0 unspecified atom stereocenters. The monoisotopic (exact) mass is 124 g/mol. The van der Waals surface area contributed by atoms with E-state index in [1.165, 1.54) is 0 Å². The van der Waals surface area contributed by atoms with Crippen molar-refractivity contribution in [2.24, 2.45) is 0 Å². The van der Waals surface area contributed by atoms with Gasteiger partial charge in [-0.1, -0.05) is 0 Å². The molecule has 0 fully saturated rings. The van der Waals surface area contributed by atoms with E-state index in [-0.39, 0.29) is 31.0 Å². The predicted octanol–water partition coefficient (Wildman–Crippen LogP) is -7.01. The molecule has 0 radical (unpaired) electrons. The van der Waals surface area contributed by atoms with Crippen molar-refractivity contribution >= 4 is 0 Å². The molecule has 0 amide bonds.